The second-order valence-electron chi connectivity index (χ2n) is 15.3. The Bertz CT molecular complexity index is 2360. The second kappa shape index (κ2) is 20.3. The predicted molar refractivity (Wildman–Crippen MR) is 227 cm³/mol. The zero-order chi connectivity index (χ0) is 42.9. The Labute approximate surface area is 348 Å². The number of benzene rings is 3. The number of amides is 1. The van der Waals surface area contributed by atoms with Crippen LogP contribution < -0.4 is 29.9 Å². The third-order valence-electron chi connectivity index (χ3n) is 11.2. The molecule has 1 amide bonds. The summed E-state index contributed by atoms with van der Waals surface area (Å²) in [6, 6.07) is 15.4. The Kier molecular flexibility index (Phi) is 15.7. The normalized spacial score (nSPS) is 14.7. The van der Waals surface area contributed by atoms with Gasteiger partial charge in [-0.05, 0) is 87.5 Å². The molecule has 322 valence electrons. The van der Waals surface area contributed by atoms with Crippen LogP contribution in [0.15, 0.2) is 48.5 Å². The van der Waals surface area contributed by atoms with E-state index in [0.717, 1.165) is 64.2 Å². The number of carbonyl (C=O) groups is 2. The number of anilines is 1. The van der Waals surface area contributed by atoms with Crippen molar-refractivity contribution in [2.24, 2.45) is 0 Å². The first kappa shape index (κ1) is 45.7. The minimum Gasteiger partial charge on any atom is -0.550 e. The van der Waals surface area contributed by atoms with Crippen molar-refractivity contribution in [3.8, 4) is 11.5 Å². The van der Waals surface area contributed by atoms with Crippen molar-refractivity contribution >= 4 is 43.4 Å². The van der Waals surface area contributed by atoms with Crippen LogP contribution in [0.3, 0.4) is 0 Å². The van der Waals surface area contributed by atoms with Crippen molar-refractivity contribution in [1.29, 1.82) is 0 Å². The van der Waals surface area contributed by atoms with Crippen LogP contribution in [0.2, 0.25) is 0 Å². The predicted octanol–water partition coefficient (Wildman–Crippen LogP) is 2.74. The highest BCUT2D eigenvalue weighted by atomic mass is 32.2. The lowest BCUT2D eigenvalue weighted by Crippen LogP contribution is -2.40. The molecule has 0 radical (unpaired) electrons. The molecule has 3 heterocycles. The van der Waals surface area contributed by atoms with E-state index < -0.39 is 26.2 Å². The average molecular weight is 855 g/mol. The van der Waals surface area contributed by atoms with Crippen molar-refractivity contribution in [2.75, 3.05) is 75.8 Å². The molecule has 16 heteroatoms. The van der Waals surface area contributed by atoms with Gasteiger partial charge in [0.25, 0.3) is 26.1 Å². The van der Waals surface area contributed by atoms with Crippen LogP contribution >= 0.6 is 0 Å². The molecule has 0 spiro atoms. The highest BCUT2D eigenvalue weighted by molar-refractivity contribution is 7.86. The highest BCUT2D eigenvalue weighted by Gasteiger charge is 2.30. The number of carbonyl (C=O) groups excluding carboxylic acids is 2. The van der Waals surface area contributed by atoms with Gasteiger partial charge in [-0.25, -0.2) is 4.58 Å². The molecular weight excluding hydrogens is 797 g/mol. The van der Waals surface area contributed by atoms with Gasteiger partial charge in [0.2, 0.25) is 5.36 Å². The van der Waals surface area contributed by atoms with Crippen LogP contribution in [-0.2, 0) is 37.9 Å². The lowest BCUT2D eigenvalue weighted by molar-refractivity contribution is -0.305. The maximum absolute atomic E-state index is 14.0. The SMILES string of the molecule is CCN(CC)CC.CN(CCCC(=O)[O-])C(=O)c1ccccc1C1=c2cc3c(cc2Oc2cc4c(cc21)CCCN4CCCS(=O)(=O)O)=[N+](CCCS(=O)(=O)O)CCC3. The summed E-state index contributed by atoms with van der Waals surface area (Å²) in [6.45, 7) is 12.6. The maximum atomic E-state index is 14.0. The lowest BCUT2D eigenvalue weighted by atomic mass is 9.86. The number of hydrogen-bond acceptors (Lipinski definition) is 10. The lowest BCUT2D eigenvalue weighted by Gasteiger charge is -2.33. The van der Waals surface area contributed by atoms with Crippen molar-refractivity contribution in [3.05, 3.63) is 86.9 Å². The summed E-state index contributed by atoms with van der Waals surface area (Å²) in [4.78, 5) is 31.0. The van der Waals surface area contributed by atoms with Crippen molar-refractivity contribution < 1.29 is 45.4 Å². The zero-order valence-corrected chi connectivity index (χ0v) is 36.2. The van der Waals surface area contributed by atoms with E-state index in [1.807, 2.05) is 24.3 Å². The number of nitrogens with zero attached hydrogens (tertiary/aromatic N) is 4. The molecule has 0 bridgehead atoms. The van der Waals surface area contributed by atoms with Crippen LogP contribution in [-0.4, -0.2) is 119 Å². The third kappa shape index (κ3) is 12.1. The van der Waals surface area contributed by atoms with Gasteiger partial charge < -0.3 is 29.3 Å². The fourth-order valence-electron chi connectivity index (χ4n) is 8.16. The van der Waals surface area contributed by atoms with Crippen LogP contribution in [0.5, 0.6) is 11.5 Å². The molecule has 0 saturated heterocycles. The van der Waals surface area contributed by atoms with Gasteiger partial charge in [-0.15, -0.1) is 0 Å². The van der Waals surface area contributed by atoms with E-state index in [-0.39, 0.29) is 49.6 Å². The van der Waals surface area contributed by atoms with E-state index in [1.165, 1.54) is 24.5 Å². The van der Waals surface area contributed by atoms with Gasteiger partial charge in [0, 0.05) is 84.7 Å². The van der Waals surface area contributed by atoms with Gasteiger partial charge in [-0.2, -0.15) is 16.8 Å². The van der Waals surface area contributed by atoms with Crippen LogP contribution in [0.25, 0.3) is 5.57 Å². The molecule has 3 aliphatic heterocycles. The Morgan fingerprint density at radius 1 is 0.847 bits per heavy atom. The van der Waals surface area contributed by atoms with Crippen LogP contribution in [0.4, 0.5) is 5.69 Å². The Morgan fingerprint density at radius 3 is 2.19 bits per heavy atom. The van der Waals surface area contributed by atoms with Crippen molar-refractivity contribution in [3.63, 3.8) is 0 Å². The number of aliphatic carboxylic acids is 1. The van der Waals surface area contributed by atoms with Gasteiger partial charge in [0.1, 0.15) is 24.6 Å². The summed E-state index contributed by atoms with van der Waals surface area (Å²) in [5, 5.41) is 12.7. The number of aryl methyl sites for hydroxylation is 2. The van der Waals surface area contributed by atoms with Gasteiger partial charge in [-0.1, -0.05) is 39.0 Å². The molecular formula is C43H58N4O10S2. The summed E-state index contributed by atoms with van der Waals surface area (Å²) in [7, 11) is -6.56. The molecule has 0 fully saturated rings. The summed E-state index contributed by atoms with van der Waals surface area (Å²) in [5.74, 6) is -1.01. The summed E-state index contributed by atoms with van der Waals surface area (Å²) < 4.78 is 73.2. The highest BCUT2D eigenvalue weighted by Crippen LogP contribution is 2.42. The first-order valence-corrected chi connectivity index (χ1v) is 23.8. The molecule has 3 aromatic rings. The molecule has 6 rings (SSSR count). The fraction of sp³-hybridized carbons (Fsp3) is 0.512. The van der Waals surface area contributed by atoms with E-state index >= 15 is 0 Å². The van der Waals surface area contributed by atoms with Gasteiger partial charge in [0.05, 0.1) is 17.6 Å². The van der Waals surface area contributed by atoms with E-state index in [0.29, 0.717) is 48.8 Å². The smallest absolute Gasteiger partial charge is 0.265 e. The van der Waals surface area contributed by atoms with Crippen molar-refractivity contribution in [1.82, 2.24) is 14.4 Å². The van der Waals surface area contributed by atoms with Crippen molar-refractivity contribution in [2.45, 2.75) is 72.1 Å². The number of ether oxygens (including phenoxy) is 1. The Hall–Kier alpha value is -4.35. The molecule has 14 nitrogen and oxygen atoms in total. The third-order valence-corrected chi connectivity index (χ3v) is 12.8. The molecule has 3 aliphatic rings. The first-order valence-electron chi connectivity index (χ1n) is 20.6. The quantitative estimate of drug-likeness (QED) is 0.117. The molecule has 0 aromatic heterocycles. The molecule has 59 heavy (non-hydrogen) atoms. The molecule has 0 aliphatic carbocycles. The van der Waals surface area contributed by atoms with Gasteiger partial charge >= 0.3 is 0 Å². The second-order valence-corrected chi connectivity index (χ2v) is 18.4. The largest absolute Gasteiger partial charge is 0.550 e. The maximum Gasteiger partial charge on any atom is 0.265 e. The average Bonchev–Trinajstić information content (AvgIpc) is 3.18. The van der Waals surface area contributed by atoms with E-state index in [2.05, 4.69) is 47.3 Å². The van der Waals surface area contributed by atoms with Crippen LogP contribution in [0.1, 0.15) is 91.9 Å². The Balaban J connectivity index is 0.000000867. The number of carboxylic acid groups (broad SMARTS) is 1. The fourth-order valence-corrected chi connectivity index (χ4v) is 9.15. The van der Waals surface area contributed by atoms with E-state index in [9.17, 15) is 40.6 Å². The Morgan fingerprint density at radius 2 is 1.53 bits per heavy atom. The van der Waals surface area contributed by atoms with Gasteiger partial charge in [0.15, 0.2) is 0 Å². The number of hydrogen-bond donors (Lipinski definition) is 2. The molecule has 0 saturated carbocycles. The summed E-state index contributed by atoms with van der Waals surface area (Å²) in [6.07, 6.45) is 3.84. The number of fused-ring (bicyclic) bond motifs is 4. The van der Waals surface area contributed by atoms with Gasteiger partial charge in [-0.3, -0.25) is 13.9 Å². The van der Waals surface area contributed by atoms with E-state index in [4.69, 9.17) is 4.74 Å². The summed E-state index contributed by atoms with van der Waals surface area (Å²) in [5.41, 5.74) is 5.74. The zero-order valence-electron chi connectivity index (χ0n) is 34.6. The number of rotatable bonds is 17. The van der Waals surface area contributed by atoms with E-state index in [1.54, 1.807) is 19.2 Å². The minimum atomic E-state index is -4.10. The molecule has 0 unspecified atom stereocenters. The monoisotopic (exact) mass is 854 g/mol. The standard InChI is InChI=1S/C37H43N3O10S2.C6H15N/c1-38(14-6-13-35(41)42)37(43)28-12-3-2-11-27(28)36-29-21-25-9-4-15-39(17-7-19-51(44,45)46)31(25)23-33(29)50-34-24-32-26(22-30(34)36)10-5-16-40(32)18-8-20-52(47,48)49;1-4-7(5-2)6-3/h2-3,11-12,21-24H,4-10,13-20H2,1H3,(H2-,41,42,44,45,46,47,48,49);4-6H2,1-3H3. The molecule has 2 N–H and O–H groups in total. The molecule has 0 atom stereocenters. The summed E-state index contributed by atoms with van der Waals surface area (Å²) >= 11 is 0. The minimum absolute atomic E-state index is 0.162. The topological polar surface area (TPSA) is 188 Å². The van der Waals surface area contributed by atoms with Crippen LogP contribution in [0, 0.1) is 0 Å². The molecule has 3 aromatic carbocycles. The first-order chi connectivity index (χ1) is 28.0. The number of carboxylic acids is 1.